The predicted molar refractivity (Wildman–Crippen MR) is 155 cm³/mol. The number of aliphatic carboxylic acids is 4. The molecular formula is C32H52O8Pb. The van der Waals surface area contributed by atoms with Crippen LogP contribution in [-0.2, 0) is 19.2 Å². The Hall–Kier alpha value is -1.72. The van der Waals surface area contributed by atoms with E-state index in [0.717, 1.165) is 63.5 Å². The molecule has 0 aliphatic carbocycles. The Morgan fingerprint density at radius 3 is 0.976 bits per heavy atom. The summed E-state index contributed by atoms with van der Waals surface area (Å²) in [5.74, 6) is -5.45. The maximum atomic E-state index is 11.4. The van der Waals surface area contributed by atoms with Gasteiger partial charge in [0, 0.05) is 0 Å². The van der Waals surface area contributed by atoms with E-state index in [0.29, 0.717) is 25.7 Å². The minimum absolute atomic E-state index is 0. The molecule has 0 aromatic rings. The molecule has 0 bridgehead atoms. The number of unbranched alkanes of at least 4 members (excludes halogenated alkanes) is 2. The molecule has 0 aromatic heterocycles. The van der Waals surface area contributed by atoms with Gasteiger partial charge in [0.1, 0.15) is 0 Å². The van der Waals surface area contributed by atoms with E-state index in [1.165, 1.54) is 0 Å². The van der Waals surface area contributed by atoms with Crippen LogP contribution >= 0.6 is 0 Å². The molecule has 0 amide bonds. The second kappa shape index (κ2) is 22.8. The Kier molecular flexibility index (Phi) is 24.3. The molecule has 2 unspecified atom stereocenters. The van der Waals surface area contributed by atoms with Crippen molar-refractivity contribution in [1.29, 1.82) is 0 Å². The molecule has 41 heavy (non-hydrogen) atoms. The van der Waals surface area contributed by atoms with E-state index < -0.39 is 34.7 Å². The first-order chi connectivity index (χ1) is 18.8. The van der Waals surface area contributed by atoms with Crippen molar-refractivity contribution in [2.75, 3.05) is 0 Å². The zero-order valence-corrected chi connectivity index (χ0v) is 30.4. The normalized spacial score (nSPS) is 13.8. The molecule has 2 atom stereocenters. The smallest absolute Gasteiger partial charge is 0.545 e. The summed E-state index contributed by atoms with van der Waals surface area (Å²) in [5, 5.41) is 44.5. The first-order valence-electron chi connectivity index (χ1n) is 15.1. The first kappa shape index (κ1) is 43.7. The third-order valence-corrected chi connectivity index (χ3v) is 8.92. The molecule has 8 nitrogen and oxygen atoms in total. The Balaban J connectivity index is -0.000000688. The molecule has 0 aliphatic heterocycles. The van der Waals surface area contributed by atoms with Crippen LogP contribution in [0.1, 0.15) is 132 Å². The van der Waals surface area contributed by atoms with Crippen molar-refractivity contribution < 1.29 is 39.6 Å². The molecule has 0 heterocycles. The largest absolute Gasteiger partial charge is 4.00 e. The molecular weight excluding hydrogens is 720 g/mol. The third kappa shape index (κ3) is 13.0. The van der Waals surface area contributed by atoms with Crippen LogP contribution in [0.25, 0.3) is 0 Å². The van der Waals surface area contributed by atoms with Gasteiger partial charge >= 0.3 is 27.3 Å². The molecule has 0 fully saturated rings. The van der Waals surface area contributed by atoms with Crippen molar-refractivity contribution in [3.63, 3.8) is 0 Å². The number of carbonyl (C=O) groups is 4. The quantitative estimate of drug-likeness (QED) is 0.135. The fourth-order valence-electron chi connectivity index (χ4n) is 6.55. The van der Waals surface area contributed by atoms with Gasteiger partial charge < -0.3 is 39.6 Å². The van der Waals surface area contributed by atoms with Crippen LogP contribution < -0.4 is 20.4 Å². The molecule has 0 saturated carbocycles. The maximum Gasteiger partial charge on any atom is 4.00 e. The van der Waals surface area contributed by atoms with Gasteiger partial charge in [-0.05, 0) is 84.5 Å². The summed E-state index contributed by atoms with van der Waals surface area (Å²) in [7, 11) is 0. The Morgan fingerprint density at radius 2 is 0.829 bits per heavy atom. The fraction of sp³-hybridized carbons (Fsp3) is 0.750. The van der Waals surface area contributed by atoms with E-state index in [4.69, 9.17) is 0 Å². The summed E-state index contributed by atoms with van der Waals surface area (Å²) < 4.78 is 0. The van der Waals surface area contributed by atoms with Gasteiger partial charge in [-0.25, -0.2) is 0 Å². The van der Waals surface area contributed by atoms with Gasteiger partial charge in [0.15, 0.2) is 0 Å². The number of rotatable bonds is 20. The summed E-state index contributed by atoms with van der Waals surface area (Å²) >= 11 is 0. The molecule has 0 N–H and O–H groups in total. The summed E-state index contributed by atoms with van der Waals surface area (Å²) in [6.07, 6.45) is 11.3. The van der Waals surface area contributed by atoms with Crippen molar-refractivity contribution in [2.24, 2.45) is 22.7 Å². The van der Waals surface area contributed by atoms with Gasteiger partial charge in [-0.15, -0.1) is 0 Å². The van der Waals surface area contributed by atoms with Gasteiger partial charge in [-0.3, -0.25) is 0 Å². The molecule has 0 saturated heterocycles. The van der Waals surface area contributed by atoms with Crippen LogP contribution in [0.5, 0.6) is 0 Å². The minimum Gasteiger partial charge on any atom is -0.545 e. The van der Waals surface area contributed by atoms with Gasteiger partial charge in [0.2, 0.25) is 0 Å². The van der Waals surface area contributed by atoms with Crippen molar-refractivity contribution in [3.05, 3.63) is 23.3 Å². The zero-order valence-electron chi connectivity index (χ0n) is 26.6. The van der Waals surface area contributed by atoms with Crippen molar-refractivity contribution in [1.82, 2.24) is 0 Å². The van der Waals surface area contributed by atoms with Crippen LogP contribution in [0.2, 0.25) is 0 Å². The predicted octanol–water partition coefficient (Wildman–Crippen LogP) is 2.49. The van der Waals surface area contributed by atoms with E-state index in [1.54, 1.807) is 0 Å². The molecule has 0 aliphatic rings. The molecule has 0 spiro atoms. The van der Waals surface area contributed by atoms with Crippen LogP contribution in [0, 0.1) is 22.7 Å². The van der Waals surface area contributed by atoms with Crippen LogP contribution in [0.3, 0.4) is 0 Å². The van der Waals surface area contributed by atoms with E-state index >= 15 is 0 Å². The summed E-state index contributed by atoms with van der Waals surface area (Å²) in [5.41, 5.74) is -1.54. The first-order valence-corrected chi connectivity index (χ1v) is 15.1. The second-order valence-electron chi connectivity index (χ2n) is 10.6. The summed E-state index contributed by atoms with van der Waals surface area (Å²) in [4.78, 5) is 44.5. The number of hydrogen-bond acceptors (Lipinski definition) is 8. The Labute approximate surface area is 268 Å². The van der Waals surface area contributed by atoms with Gasteiger partial charge in [0.05, 0.1) is 23.9 Å². The fourth-order valence-corrected chi connectivity index (χ4v) is 6.55. The zero-order chi connectivity index (χ0) is 31.5. The monoisotopic (exact) mass is 772 g/mol. The van der Waals surface area contributed by atoms with E-state index in [1.807, 2.05) is 41.5 Å². The van der Waals surface area contributed by atoms with Crippen molar-refractivity contribution in [2.45, 2.75) is 132 Å². The molecule has 0 aromatic carbocycles. The standard InChI is InChI=1S/2C16H28O4.Pb/c2*1-5-9-10-12(6-2)16(7-3,8-4)13(15(19)20)11-14(17)18;/h2*11-12H,5-10H2,1-4H3,(H,17,18)(H,19,20);/q;;+4/p-4/b2*13-11+;. The maximum absolute atomic E-state index is 11.4. The average Bonchev–Trinajstić information content (AvgIpc) is 2.91. The number of hydrogen-bond donors (Lipinski definition) is 0. The van der Waals surface area contributed by atoms with Gasteiger partial charge in [0.25, 0.3) is 0 Å². The second-order valence-corrected chi connectivity index (χ2v) is 10.6. The van der Waals surface area contributed by atoms with E-state index in [9.17, 15) is 39.6 Å². The van der Waals surface area contributed by atoms with E-state index in [-0.39, 0.29) is 50.3 Å². The minimum atomic E-state index is -1.47. The van der Waals surface area contributed by atoms with Crippen LogP contribution in [-0.4, -0.2) is 51.2 Å². The van der Waals surface area contributed by atoms with Crippen molar-refractivity contribution >= 4 is 51.2 Å². The number of carboxylic acids is 4. The van der Waals surface area contributed by atoms with Crippen LogP contribution in [0.4, 0.5) is 0 Å². The Morgan fingerprint density at radius 1 is 0.561 bits per heavy atom. The topological polar surface area (TPSA) is 161 Å². The average molecular weight is 772 g/mol. The van der Waals surface area contributed by atoms with E-state index in [2.05, 4.69) is 13.8 Å². The summed E-state index contributed by atoms with van der Waals surface area (Å²) in [6, 6.07) is 0. The van der Waals surface area contributed by atoms with Crippen molar-refractivity contribution in [3.8, 4) is 0 Å². The summed E-state index contributed by atoms with van der Waals surface area (Å²) in [6.45, 7) is 15.8. The number of carboxylic acid groups (broad SMARTS) is 4. The molecule has 232 valence electrons. The molecule has 9 heteroatoms. The van der Waals surface area contributed by atoms with Gasteiger partial charge in [-0.1, -0.05) is 93.9 Å². The molecule has 0 radical (unpaired) electrons. The SMILES string of the molecule is CCCCC(CC)C(CC)(CC)/C(=C/C(=O)[O-])C(=O)[O-].CCCCC(CC)C(CC)(CC)/C(=C/C(=O)[O-])C(=O)[O-].[Pb+4]. The van der Waals surface area contributed by atoms with Crippen LogP contribution in [0.15, 0.2) is 23.3 Å². The number of carbonyl (C=O) groups excluding carboxylic acids is 4. The molecule has 0 rings (SSSR count). The third-order valence-electron chi connectivity index (χ3n) is 8.92. The van der Waals surface area contributed by atoms with Gasteiger partial charge in [-0.2, -0.15) is 0 Å². The Bertz CT molecular complexity index is 784.